The predicted molar refractivity (Wildman–Crippen MR) is 91.5 cm³/mol. The van der Waals surface area contributed by atoms with Crippen LogP contribution in [-0.4, -0.2) is 32.6 Å². The number of benzene rings is 2. The van der Waals surface area contributed by atoms with E-state index in [1.807, 2.05) is 30.3 Å². The van der Waals surface area contributed by atoms with E-state index in [-0.39, 0.29) is 5.91 Å². The van der Waals surface area contributed by atoms with Gasteiger partial charge in [0.05, 0.1) is 24.8 Å². The van der Waals surface area contributed by atoms with Crippen LogP contribution in [0, 0.1) is 6.92 Å². The molecule has 2 rings (SSSR count). The Morgan fingerprint density at radius 2 is 1.83 bits per heavy atom. The van der Waals surface area contributed by atoms with Crippen molar-refractivity contribution in [2.24, 2.45) is 0 Å². The number of methoxy groups -OCH3 is 1. The van der Waals surface area contributed by atoms with Gasteiger partial charge in [0, 0.05) is 13.5 Å². The van der Waals surface area contributed by atoms with Gasteiger partial charge >= 0.3 is 5.97 Å². The third-order valence-corrected chi connectivity index (χ3v) is 3.65. The van der Waals surface area contributed by atoms with Crippen molar-refractivity contribution in [3.63, 3.8) is 0 Å². The van der Waals surface area contributed by atoms with E-state index < -0.39 is 5.97 Å². The molecule has 0 radical (unpaired) electrons. The second kappa shape index (κ2) is 8.15. The number of carbonyl (C=O) groups is 2. The topological polar surface area (TPSA) is 64.6 Å². The summed E-state index contributed by atoms with van der Waals surface area (Å²) >= 11 is 0. The summed E-state index contributed by atoms with van der Waals surface area (Å²) in [6.07, 6.45) is 0.728. The molecule has 2 aromatic rings. The van der Waals surface area contributed by atoms with Crippen molar-refractivity contribution < 1.29 is 19.1 Å². The van der Waals surface area contributed by atoms with Crippen LogP contribution in [0.25, 0.3) is 0 Å². The van der Waals surface area contributed by atoms with Crippen LogP contribution in [0.1, 0.15) is 31.8 Å². The van der Waals surface area contributed by atoms with Gasteiger partial charge in [0.25, 0.3) is 5.91 Å². The minimum atomic E-state index is -0.487. The number of rotatable bonds is 6. The number of hydrogen-bond acceptors (Lipinski definition) is 4. The lowest BCUT2D eigenvalue weighted by atomic mass is 10.0. The van der Waals surface area contributed by atoms with Gasteiger partial charge in [-0.25, -0.2) is 4.79 Å². The standard InChI is InChI=1S/C19H21NO4/c1-13-11-15(19(22)23-3)12-16(18(21)20-2)17(13)24-10-9-14-7-5-4-6-8-14/h4-8,11-12H,9-10H2,1-3H3,(H,20,21). The molecule has 24 heavy (non-hydrogen) atoms. The van der Waals surface area contributed by atoms with E-state index in [1.165, 1.54) is 20.2 Å². The molecule has 0 aromatic heterocycles. The first-order valence-electron chi connectivity index (χ1n) is 7.68. The molecule has 126 valence electrons. The minimum absolute atomic E-state index is 0.307. The fourth-order valence-corrected chi connectivity index (χ4v) is 2.42. The molecule has 1 N–H and O–H groups in total. The SMILES string of the molecule is CNC(=O)c1cc(C(=O)OC)cc(C)c1OCCc1ccccc1. The molecule has 5 heteroatoms. The Balaban J connectivity index is 2.23. The molecule has 0 atom stereocenters. The molecule has 0 fully saturated rings. The van der Waals surface area contributed by atoms with E-state index in [9.17, 15) is 9.59 Å². The Morgan fingerprint density at radius 1 is 1.12 bits per heavy atom. The molecule has 0 aliphatic heterocycles. The van der Waals surface area contributed by atoms with Crippen molar-refractivity contribution in [3.05, 3.63) is 64.7 Å². The number of hydrogen-bond donors (Lipinski definition) is 1. The van der Waals surface area contributed by atoms with Gasteiger partial charge in [-0.2, -0.15) is 0 Å². The van der Waals surface area contributed by atoms with Gasteiger partial charge in [-0.05, 0) is 30.2 Å². The average molecular weight is 327 g/mol. The van der Waals surface area contributed by atoms with Gasteiger partial charge in [-0.15, -0.1) is 0 Å². The molecule has 0 unspecified atom stereocenters. The van der Waals surface area contributed by atoms with Gasteiger partial charge in [-0.3, -0.25) is 4.79 Å². The number of aryl methyl sites for hydroxylation is 1. The third kappa shape index (κ3) is 4.13. The molecule has 0 saturated carbocycles. The van der Waals surface area contributed by atoms with Crippen LogP contribution in [0.15, 0.2) is 42.5 Å². The van der Waals surface area contributed by atoms with E-state index >= 15 is 0 Å². The van der Waals surface area contributed by atoms with Gasteiger partial charge in [0.2, 0.25) is 0 Å². The zero-order valence-electron chi connectivity index (χ0n) is 14.1. The summed E-state index contributed by atoms with van der Waals surface area (Å²) in [6.45, 7) is 2.24. The monoisotopic (exact) mass is 327 g/mol. The summed E-state index contributed by atoms with van der Waals surface area (Å²) in [5.74, 6) is -0.310. The number of esters is 1. The van der Waals surface area contributed by atoms with Crippen molar-refractivity contribution in [2.75, 3.05) is 20.8 Å². The van der Waals surface area contributed by atoms with E-state index in [2.05, 4.69) is 5.32 Å². The Bertz CT molecular complexity index is 726. The van der Waals surface area contributed by atoms with E-state index in [0.29, 0.717) is 29.0 Å². The molecule has 2 aromatic carbocycles. The minimum Gasteiger partial charge on any atom is -0.492 e. The van der Waals surface area contributed by atoms with Crippen LogP contribution in [0.2, 0.25) is 0 Å². The molecule has 1 amide bonds. The van der Waals surface area contributed by atoms with Gasteiger partial charge < -0.3 is 14.8 Å². The molecule has 5 nitrogen and oxygen atoms in total. The summed E-state index contributed by atoms with van der Waals surface area (Å²) in [5, 5.41) is 2.57. The lowest BCUT2D eigenvalue weighted by molar-refractivity contribution is 0.0600. The van der Waals surface area contributed by atoms with Crippen LogP contribution in [0.4, 0.5) is 0 Å². The van der Waals surface area contributed by atoms with Crippen LogP contribution in [0.5, 0.6) is 5.75 Å². The quantitative estimate of drug-likeness (QED) is 0.829. The molecule has 0 spiro atoms. The van der Waals surface area contributed by atoms with E-state index in [1.54, 1.807) is 13.0 Å². The largest absolute Gasteiger partial charge is 0.492 e. The van der Waals surface area contributed by atoms with Crippen molar-refractivity contribution >= 4 is 11.9 Å². The summed E-state index contributed by atoms with van der Waals surface area (Å²) in [5.41, 5.74) is 2.52. The highest BCUT2D eigenvalue weighted by Crippen LogP contribution is 2.26. The zero-order chi connectivity index (χ0) is 17.5. The van der Waals surface area contributed by atoms with Gasteiger partial charge in [0.1, 0.15) is 5.75 Å². The predicted octanol–water partition coefficient (Wildman–Crippen LogP) is 2.76. The zero-order valence-corrected chi connectivity index (χ0v) is 14.1. The van der Waals surface area contributed by atoms with Gasteiger partial charge in [0.15, 0.2) is 0 Å². The fourth-order valence-electron chi connectivity index (χ4n) is 2.42. The Kier molecular flexibility index (Phi) is 5.95. The first-order valence-corrected chi connectivity index (χ1v) is 7.68. The fraction of sp³-hybridized carbons (Fsp3) is 0.263. The normalized spacial score (nSPS) is 10.1. The summed E-state index contributed by atoms with van der Waals surface area (Å²) in [7, 11) is 2.84. The molecule has 0 aliphatic rings. The van der Waals surface area contributed by atoms with Crippen molar-refractivity contribution in [2.45, 2.75) is 13.3 Å². The van der Waals surface area contributed by atoms with Crippen molar-refractivity contribution in [3.8, 4) is 5.75 Å². The van der Waals surface area contributed by atoms with Crippen LogP contribution >= 0.6 is 0 Å². The maximum absolute atomic E-state index is 12.1. The second-order valence-electron chi connectivity index (χ2n) is 5.32. The maximum Gasteiger partial charge on any atom is 0.337 e. The average Bonchev–Trinajstić information content (AvgIpc) is 2.62. The van der Waals surface area contributed by atoms with E-state index in [0.717, 1.165) is 12.0 Å². The van der Waals surface area contributed by atoms with E-state index in [4.69, 9.17) is 9.47 Å². The highest BCUT2D eigenvalue weighted by Gasteiger charge is 2.18. The number of amides is 1. The molecular weight excluding hydrogens is 306 g/mol. The molecule has 0 heterocycles. The molecular formula is C19H21NO4. The number of carbonyl (C=O) groups excluding carboxylic acids is 2. The highest BCUT2D eigenvalue weighted by atomic mass is 16.5. The first kappa shape index (κ1) is 17.5. The second-order valence-corrected chi connectivity index (χ2v) is 5.32. The molecule has 0 aliphatic carbocycles. The first-order chi connectivity index (χ1) is 11.6. The smallest absolute Gasteiger partial charge is 0.337 e. The summed E-state index contributed by atoms with van der Waals surface area (Å²) in [6, 6.07) is 13.1. The van der Waals surface area contributed by atoms with Crippen LogP contribution < -0.4 is 10.1 Å². The lowest BCUT2D eigenvalue weighted by Gasteiger charge is -2.15. The summed E-state index contributed by atoms with van der Waals surface area (Å²) < 4.78 is 10.6. The summed E-state index contributed by atoms with van der Waals surface area (Å²) in [4.78, 5) is 23.9. The van der Waals surface area contributed by atoms with Crippen LogP contribution in [0.3, 0.4) is 0 Å². The van der Waals surface area contributed by atoms with Crippen molar-refractivity contribution in [1.82, 2.24) is 5.32 Å². The van der Waals surface area contributed by atoms with Gasteiger partial charge in [-0.1, -0.05) is 30.3 Å². The number of ether oxygens (including phenoxy) is 2. The Morgan fingerprint density at radius 3 is 2.46 bits per heavy atom. The highest BCUT2D eigenvalue weighted by molar-refractivity contribution is 6.00. The lowest BCUT2D eigenvalue weighted by Crippen LogP contribution is -2.20. The Labute approximate surface area is 141 Å². The maximum atomic E-state index is 12.1. The Hall–Kier alpha value is -2.82. The van der Waals surface area contributed by atoms with Crippen LogP contribution in [-0.2, 0) is 11.2 Å². The molecule has 0 saturated heterocycles. The number of nitrogens with one attached hydrogen (secondary N) is 1. The third-order valence-electron chi connectivity index (χ3n) is 3.65. The van der Waals surface area contributed by atoms with Crippen molar-refractivity contribution in [1.29, 1.82) is 0 Å². The molecule has 0 bridgehead atoms.